The number of halogens is 1. The molecule has 2 unspecified atom stereocenters. The summed E-state index contributed by atoms with van der Waals surface area (Å²) in [5, 5.41) is 0.803. The molecule has 3 aromatic carbocycles. The zero-order valence-electron chi connectivity index (χ0n) is 26.9. The van der Waals surface area contributed by atoms with E-state index in [4.69, 9.17) is 21.0 Å². The molecule has 0 bridgehead atoms. The van der Waals surface area contributed by atoms with Crippen molar-refractivity contribution in [2.45, 2.75) is 70.0 Å². The number of nitrogens with zero attached hydrogens (tertiary/aromatic N) is 4. The number of benzene rings is 3. The van der Waals surface area contributed by atoms with E-state index in [1.165, 1.54) is 60.8 Å². The highest BCUT2D eigenvalue weighted by atomic mass is 35.5. The molecule has 4 aromatic rings. The third-order valence-corrected chi connectivity index (χ3v) is 10.8. The van der Waals surface area contributed by atoms with Crippen LogP contribution in [-0.4, -0.2) is 48.5 Å². The van der Waals surface area contributed by atoms with Crippen molar-refractivity contribution in [1.29, 1.82) is 0 Å². The van der Waals surface area contributed by atoms with Crippen molar-refractivity contribution in [3.05, 3.63) is 118 Å². The molecular formula is C39H47ClN4O. The van der Waals surface area contributed by atoms with Crippen LogP contribution in [0.2, 0.25) is 5.02 Å². The normalized spacial score (nSPS) is 22.0. The molecule has 2 atom stereocenters. The third-order valence-electron chi connectivity index (χ3n) is 10.6. The van der Waals surface area contributed by atoms with Gasteiger partial charge < -0.3 is 14.2 Å². The van der Waals surface area contributed by atoms with E-state index in [1.54, 1.807) is 0 Å². The van der Waals surface area contributed by atoms with Crippen molar-refractivity contribution in [2.24, 2.45) is 11.8 Å². The van der Waals surface area contributed by atoms with Crippen LogP contribution in [0.5, 0.6) is 0 Å². The summed E-state index contributed by atoms with van der Waals surface area (Å²) in [5.74, 6) is 3.07. The highest BCUT2D eigenvalue weighted by Gasteiger charge is 2.40. The van der Waals surface area contributed by atoms with E-state index in [-0.39, 0.29) is 6.04 Å². The maximum absolute atomic E-state index is 6.97. The van der Waals surface area contributed by atoms with Gasteiger partial charge in [-0.05, 0) is 105 Å². The smallest absolute Gasteiger partial charge is 0.219 e. The van der Waals surface area contributed by atoms with Gasteiger partial charge in [0.1, 0.15) is 5.69 Å². The molecule has 236 valence electrons. The lowest BCUT2D eigenvalue weighted by molar-refractivity contribution is 0.0595. The maximum atomic E-state index is 6.97. The Balaban J connectivity index is 1.19. The molecular weight excluding hydrogens is 576 g/mol. The highest BCUT2D eigenvalue weighted by molar-refractivity contribution is 6.30. The first-order chi connectivity index (χ1) is 22.0. The molecule has 0 spiro atoms. The van der Waals surface area contributed by atoms with Crippen molar-refractivity contribution in [3.63, 3.8) is 0 Å². The lowest BCUT2D eigenvalue weighted by atomic mass is 9.73. The summed E-state index contributed by atoms with van der Waals surface area (Å²) in [4.78, 5) is 13.0. The number of anilines is 1. The predicted octanol–water partition coefficient (Wildman–Crippen LogP) is 8.73. The molecule has 7 rings (SSSR count). The molecule has 5 nitrogen and oxygen atoms in total. The Morgan fingerprint density at radius 2 is 1.49 bits per heavy atom. The summed E-state index contributed by atoms with van der Waals surface area (Å²) in [6, 6.07) is 28.8. The molecule has 45 heavy (non-hydrogen) atoms. The van der Waals surface area contributed by atoms with Gasteiger partial charge in [-0.2, -0.15) is 0 Å². The number of oxazole rings is 1. The zero-order valence-corrected chi connectivity index (χ0v) is 27.6. The first kappa shape index (κ1) is 30.5. The van der Waals surface area contributed by atoms with Gasteiger partial charge in [-0.15, -0.1) is 0 Å². The van der Waals surface area contributed by atoms with Crippen LogP contribution in [0.15, 0.2) is 83.3 Å². The van der Waals surface area contributed by atoms with Gasteiger partial charge in [0.05, 0.1) is 6.04 Å². The van der Waals surface area contributed by atoms with E-state index >= 15 is 0 Å². The maximum Gasteiger partial charge on any atom is 0.219 e. The summed E-state index contributed by atoms with van der Waals surface area (Å²) in [5.41, 5.74) is 6.70. The lowest BCUT2D eigenvalue weighted by Crippen LogP contribution is -2.40. The van der Waals surface area contributed by atoms with Crippen molar-refractivity contribution < 1.29 is 4.42 Å². The SMILES string of the molecule is CN(C)C(c1ccc(Cl)cc1)C1CCC(C(c2nc(Cc3ccccc3)c(N3CCCC3)o2)N2CCc3ccccc3C2)CC1. The van der Waals surface area contributed by atoms with Gasteiger partial charge in [0, 0.05) is 43.7 Å². The minimum atomic E-state index is 0.179. The zero-order chi connectivity index (χ0) is 30.8. The van der Waals surface area contributed by atoms with Crippen molar-refractivity contribution in [2.75, 3.05) is 38.6 Å². The van der Waals surface area contributed by atoms with Crippen molar-refractivity contribution in [1.82, 2.24) is 14.8 Å². The Bertz CT molecular complexity index is 1540. The van der Waals surface area contributed by atoms with Crippen LogP contribution in [0.4, 0.5) is 5.88 Å². The number of fused-ring (bicyclic) bond motifs is 1. The van der Waals surface area contributed by atoms with Gasteiger partial charge in [-0.25, -0.2) is 4.98 Å². The van der Waals surface area contributed by atoms with Gasteiger partial charge in [0.2, 0.25) is 11.8 Å². The van der Waals surface area contributed by atoms with E-state index in [1.807, 2.05) is 12.1 Å². The van der Waals surface area contributed by atoms with E-state index in [0.29, 0.717) is 17.9 Å². The summed E-state index contributed by atoms with van der Waals surface area (Å²) in [7, 11) is 4.44. The Morgan fingerprint density at radius 3 is 2.20 bits per heavy atom. The molecule has 0 amide bonds. The van der Waals surface area contributed by atoms with Crippen LogP contribution in [0.25, 0.3) is 0 Å². The highest BCUT2D eigenvalue weighted by Crippen LogP contribution is 2.46. The van der Waals surface area contributed by atoms with Gasteiger partial charge >= 0.3 is 0 Å². The average molecular weight is 623 g/mol. The molecule has 3 aliphatic rings. The summed E-state index contributed by atoms with van der Waals surface area (Å²) in [6.07, 6.45) is 9.10. The standard InChI is InChI=1S/C39H47ClN4O/c1-42(2)36(31-18-20-34(40)21-19-31)30-14-16-32(17-15-30)37(44-25-22-29-12-6-7-13-33(29)27-44)38-41-35(26-28-10-4-3-5-11-28)39(45-38)43-23-8-9-24-43/h3-7,10-13,18-21,30,32,36-37H,8-9,14-17,22-27H2,1-2H3. The van der Waals surface area contributed by atoms with E-state index in [0.717, 1.165) is 61.5 Å². The van der Waals surface area contributed by atoms with Gasteiger partial charge in [-0.3, -0.25) is 4.90 Å². The Hall–Kier alpha value is -3.12. The van der Waals surface area contributed by atoms with Crippen LogP contribution < -0.4 is 4.90 Å². The van der Waals surface area contributed by atoms with Crippen LogP contribution >= 0.6 is 11.6 Å². The summed E-state index contributed by atoms with van der Waals surface area (Å²) in [6.45, 7) is 4.11. The van der Waals surface area contributed by atoms with Gasteiger partial charge in [0.25, 0.3) is 0 Å². The minimum Gasteiger partial charge on any atom is -0.423 e. The van der Waals surface area contributed by atoms with Crippen molar-refractivity contribution >= 4 is 17.5 Å². The molecule has 1 saturated heterocycles. The molecule has 2 aliphatic heterocycles. The Labute approximate surface area is 274 Å². The first-order valence-corrected chi connectivity index (χ1v) is 17.4. The Kier molecular flexibility index (Phi) is 9.30. The largest absolute Gasteiger partial charge is 0.423 e. The number of hydrogen-bond acceptors (Lipinski definition) is 5. The first-order valence-electron chi connectivity index (χ1n) is 17.0. The van der Waals surface area contributed by atoms with E-state index in [9.17, 15) is 0 Å². The molecule has 0 radical (unpaired) electrons. The van der Waals surface area contributed by atoms with Gasteiger partial charge in [0.15, 0.2) is 0 Å². The summed E-state index contributed by atoms with van der Waals surface area (Å²) < 4.78 is 6.97. The molecule has 3 heterocycles. The van der Waals surface area contributed by atoms with Crippen LogP contribution in [0.3, 0.4) is 0 Å². The fourth-order valence-electron chi connectivity index (χ4n) is 8.40. The quantitative estimate of drug-likeness (QED) is 0.187. The topological polar surface area (TPSA) is 35.8 Å². The monoisotopic (exact) mass is 622 g/mol. The number of aromatic nitrogens is 1. The van der Waals surface area contributed by atoms with Crippen LogP contribution in [0, 0.1) is 11.8 Å². The molecule has 1 aromatic heterocycles. The second kappa shape index (κ2) is 13.7. The second-order valence-corrected chi connectivity index (χ2v) is 14.2. The second-order valence-electron chi connectivity index (χ2n) is 13.7. The number of hydrogen-bond donors (Lipinski definition) is 0. The van der Waals surface area contributed by atoms with E-state index < -0.39 is 0 Å². The lowest BCUT2D eigenvalue weighted by Gasteiger charge is -2.43. The van der Waals surface area contributed by atoms with E-state index in [2.05, 4.69) is 95.5 Å². The molecule has 1 aliphatic carbocycles. The Morgan fingerprint density at radius 1 is 0.822 bits per heavy atom. The molecule has 1 saturated carbocycles. The predicted molar refractivity (Wildman–Crippen MR) is 184 cm³/mol. The molecule has 0 N–H and O–H groups in total. The molecule has 6 heteroatoms. The number of rotatable bonds is 9. The fraction of sp³-hybridized carbons (Fsp3) is 0.462. The third kappa shape index (κ3) is 6.72. The minimum absolute atomic E-state index is 0.179. The average Bonchev–Trinajstić information content (AvgIpc) is 3.74. The molecule has 2 fully saturated rings. The fourth-order valence-corrected chi connectivity index (χ4v) is 8.53. The van der Waals surface area contributed by atoms with Crippen LogP contribution in [-0.2, 0) is 19.4 Å². The van der Waals surface area contributed by atoms with Crippen LogP contribution in [0.1, 0.15) is 84.4 Å². The van der Waals surface area contributed by atoms with Gasteiger partial charge in [-0.1, -0.05) is 78.3 Å². The van der Waals surface area contributed by atoms with Crippen molar-refractivity contribution in [3.8, 4) is 0 Å². The summed E-state index contributed by atoms with van der Waals surface area (Å²) >= 11 is 6.26.